The molecule has 0 bridgehead atoms. The molecule has 3 rings (SSSR count). The van der Waals surface area contributed by atoms with Crippen LogP contribution in [0.1, 0.15) is 36.0 Å². The predicted octanol–water partition coefficient (Wildman–Crippen LogP) is 1.22. The number of hydrogen-bond acceptors (Lipinski definition) is 3. The average molecular weight is 302 g/mol. The molecule has 0 unspecified atom stereocenters. The van der Waals surface area contributed by atoms with Crippen LogP contribution >= 0.6 is 0 Å². The first-order valence-corrected chi connectivity index (χ1v) is 7.85. The highest BCUT2D eigenvalue weighted by molar-refractivity contribution is 5.97. The average Bonchev–Trinajstić information content (AvgIpc) is 2.96. The molecule has 2 aliphatic rings. The predicted molar refractivity (Wildman–Crippen MR) is 84.9 cm³/mol. The van der Waals surface area contributed by atoms with Gasteiger partial charge in [-0.05, 0) is 49.9 Å². The number of carbonyl (C=O) groups is 2. The molecule has 6 heteroatoms. The number of rotatable bonds is 3. The van der Waals surface area contributed by atoms with E-state index in [-0.39, 0.29) is 24.0 Å². The van der Waals surface area contributed by atoms with Gasteiger partial charge in [0, 0.05) is 36.4 Å². The molecule has 1 aromatic rings. The van der Waals surface area contributed by atoms with Gasteiger partial charge in [-0.1, -0.05) is 0 Å². The van der Waals surface area contributed by atoms with Crippen molar-refractivity contribution in [2.75, 3.05) is 18.0 Å². The van der Waals surface area contributed by atoms with E-state index in [1.807, 2.05) is 12.1 Å². The number of carbonyl (C=O) groups excluding carboxylic acids is 2. The molecular formula is C16H22N4O2. The maximum atomic E-state index is 12.3. The van der Waals surface area contributed by atoms with E-state index in [9.17, 15) is 9.59 Å². The fourth-order valence-corrected chi connectivity index (χ4v) is 3.04. The van der Waals surface area contributed by atoms with Crippen LogP contribution < -0.4 is 21.3 Å². The van der Waals surface area contributed by atoms with Gasteiger partial charge in [0.2, 0.25) is 0 Å². The quantitative estimate of drug-likeness (QED) is 0.784. The summed E-state index contributed by atoms with van der Waals surface area (Å²) in [5, 5.41) is 5.83. The Labute approximate surface area is 130 Å². The van der Waals surface area contributed by atoms with Crippen LogP contribution in [0.4, 0.5) is 10.5 Å². The fraction of sp³-hybridized carbons (Fsp3) is 0.500. The maximum Gasteiger partial charge on any atom is 0.321 e. The van der Waals surface area contributed by atoms with Gasteiger partial charge in [-0.15, -0.1) is 0 Å². The van der Waals surface area contributed by atoms with Crippen molar-refractivity contribution in [3.05, 3.63) is 29.8 Å². The second-order valence-electron chi connectivity index (χ2n) is 6.02. The van der Waals surface area contributed by atoms with Crippen LogP contribution in [0.5, 0.6) is 0 Å². The second kappa shape index (κ2) is 6.36. The van der Waals surface area contributed by atoms with Crippen molar-refractivity contribution in [1.82, 2.24) is 10.6 Å². The minimum absolute atomic E-state index is 0.0575. The Balaban J connectivity index is 1.60. The first kappa shape index (κ1) is 14.8. The Morgan fingerprint density at radius 1 is 1.18 bits per heavy atom. The summed E-state index contributed by atoms with van der Waals surface area (Å²) in [5.41, 5.74) is 7.31. The van der Waals surface area contributed by atoms with Gasteiger partial charge in [0.25, 0.3) is 5.91 Å². The monoisotopic (exact) mass is 302 g/mol. The molecule has 3 amide bonds. The number of nitrogens with two attached hydrogens (primary N) is 1. The van der Waals surface area contributed by atoms with Gasteiger partial charge in [-0.3, -0.25) is 9.69 Å². The van der Waals surface area contributed by atoms with Crippen LogP contribution in [-0.2, 0) is 0 Å². The van der Waals surface area contributed by atoms with E-state index in [0.717, 1.165) is 31.4 Å². The van der Waals surface area contributed by atoms with E-state index < -0.39 is 0 Å². The SMILES string of the molecule is NC1CCC(NC(=O)c2ccc(N3CCNC3=O)cc2)CC1. The number of benzene rings is 1. The lowest BCUT2D eigenvalue weighted by Crippen LogP contribution is -2.40. The van der Waals surface area contributed by atoms with E-state index in [1.54, 1.807) is 17.0 Å². The van der Waals surface area contributed by atoms with E-state index in [0.29, 0.717) is 18.7 Å². The van der Waals surface area contributed by atoms with Crippen LogP contribution in [0.15, 0.2) is 24.3 Å². The van der Waals surface area contributed by atoms with Crippen LogP contribution in [0.25, 0.3) is 0 Å². The lowest BCUT2D eigenvalue weighted by molar-refractivity contribution is 0.0926. The number of anilines is 1. The standard InChI is InChI=1S/C16H22N4O2/c17-12-3-5-13(6-4-12)19-15(21)11-1-7-14(8-2-11)20-10-9-18-16(20)22/h1-2,7-8,12-13H,3-6,9-10,17H2,(H,18,22)(H,19,21). The summed E-state index contributed by atoms with van der Waals surface area (Å²) >= 11 is 0. The number of hydrogen-bond donors (Lipinski definition) is 3. The summed E-state index contributed by atoms with van der Waals surface area (Å²) < 4.78 is 0. The normalized spacial score (nSPS) is 25.0. The van der Waals surface area contributed by atoms with Crippen molar-refractivity contribution in [3.63, 3.8) is 0 Å². The molecule has 118 valence electrons. The maximum absolute atomic E-state index is 12.3. The molecule has 22 heavy (non-hydrogen) atoms. The summed E-state index contributed by atoms with van der Waals surface area (Å²) in [4.78, 5) is 25.5. The van der Waals surface area contributed by atoms with Crippen LogP contribution in [0.3, 0.4) is 0 Å². The third-order valence-electron chi connectivity index (χ3n) is 4.41. The molecule has 1 aromatic carbocycles. The smallest absolute Gasteiger partial charge is 0.321 e. The summed E-state index contributed by atoms with van der Waals surface area (Å²) in [6.07, 6.45) is 3.82. The topological polar surface area (TPSA) is 87.5 Å². The number of amides is 3. The zero-order valence-electron chi connectivity index (χ0n) is 12.5. The Morgan fingerprint density at radius 3 is 2.45 bits per heavy atom. The molecule has 1 aliphatic heterocycles. The van der Waals surface area contributed by atoms with Crippen molar-refractivity contribution in [3.8, 4) is 0 Å². The lowest BCUT2D eigenvalue weighted by atomic mass is 9.91. The highest BCUT2D eigenvalue weighted by Crippen LogP contribution is 2.19. The van der Waals surface area contributed by atoms with E-state index in [2.05, 4.69) is 10.6 Å². The molecular weight excluding hydrogens is 280 g/mol. The first-order valence-electron chi connectivity index (χ1n) is 7.85. The Kier molecular flexibility index (Phi) is 4.29. The molecule has 1 heterocycles. The van der Waals surface area contributed by atoms with E-state index >= 15 is 0 Å². The van der Waals surface area contributed by atoms with Gasteiger partial charge in [0.15, 0.2) is 0 Å². The van der Waals surface area contributed by atoms with Gasteiger partial charge in [-0.2, -0.15) is 0 Å². The van der Waals surface area contributed by atoms with Gasteiger partial charge in [-0.25, -0.2) is 4.79 Å². The van der Waals surface area contributed by atoms with Crippen LogP contribution in [-0.4, -0.2) is 37.1 Å². The van der Waals surface area contributed by atoms with Crippen LogP contribution in [0, 0.1) is 0 Å². The first-order chi connectivity index (χ1) is 10.6. The Hall–Kier alpha value is -2.08. The molecule has 0 spiro atoms. The van der Waals surface area contributed by atoms with Crippen molar-refractivity contribution in [2.45, 2.75) is 37.8 Å². The van der Waals surface area contributed by atoms with E-state index in [1.165, 1.54) is 0 Å². The molecule has 0 atom stereocenters. The second-order valence-corrected chi connectivity index (χ2v) is 6.02. The minimum Gasteiger partial charge on any atom is -0.349 e. The summed E-state index contributed by atoms with van der Waals surface area (Å²) in [7, 11) is 0. The third-order valence-corrected chi connectivity index (χ3v) is 4.41. The van der Waals surface area contributed by atoms with E-state index in [4.69, 9.17) is 5.73 Å². The van der Waals surface area contributed by atoms with Crippen LogP contribution in [0.2, 0.25) is 0 Å². The lowest BCUT2D eigenvalue weighted by Gasteiger charge is -2.26. The highest BCUT2D eigenvalue weighted by Gasteiger charge is 2.22. The zero-order valence-corrected chi connectivity index (χ0v) is 12.5. The largest absolute Gasteiger partial charge is 0.349 e. The van der Waals surface area contributed by atoms with Crippen molar-refractivity contribution >= 4 is 17.6 Å². The van der Waals surface area contributed by atoms with Crippen molar-refractivity contribution < 1.29 is 9.59 Å². The summed E-state index contributed by atoms with van der Waals surface area (Å²) in [6, 6.07) is 7.58. The van der Waals surface area contributed by atoms with Crippen molar-refractivity contribution in [2.24, 2.45) is 5.73 Å². The van der Waals surface area contributed by atoms with Gasteiger partial charge >= 0.3 is 6.03 Å². The highest BCUT2D eigenvalue weighted by atomic mass is 16.2. The molecule has 1 saturated heterocycles. The minimum atomic E-state index is -0.0873. The van der Waals surface area contributed by atoms with Gasteiger partial charge < -0.3 is 16.4 Å². The van der Waals surface area contributed by atoms with Crippen molar-refractivity contribution in [1.29, 1.82) is 0 Å². The third kappa shape index (κ3) is 3.22. The summed E-state index contributed by atoms with van der Waals surface area (Å²) in [5.74, 6) is -0.0575. The zero-order chi connectivity index (χ0) is 15.5. The molecule has 0 aromatic heterocycles. The molecule has 4 N–H and O–H groups in total. The number of nitrogens with zero attached hydrogens (tertiary/aromatic N) is 1. The Bertz CT molecular complexity index is 550. The number of nitrogens with one attached hydrogen (secondary N) is 2. The number of urea groups is 1. The summed E-state index contributed by atoms with van der Waals surface area (Å²) in [6.45, 7) is 1.32. The van der Waals surface area contributed by atoms with Gasteiger partial charge in [0.1, 0.15) is 0 Å². The molecule has 2 fully saturated rings. The Morgan fingerprint density at radius 2 is 1.86 bits per heavy atom. The molecule has 1 saturated carbocycles. The fourth-order valence-electron chi connectivity index (χ4n) is 3.04. The molecule has 1 aliphatic carbocycles. The molecule has 6 nitrogen and oxygen atoms in total. The van der Waals surface area contributed by atoms with Gasteiger partial charge in [0.05, 0.1) is 0 Å². The molecule has 0 radical (unpaired) electrons.